The highest BCUT2D eigenvalue weighted by Crippen LogP contribution is 2.26. The molecule has 0 bridgehead atoms. The minimum Gasteiger partial charge on any atom is -0.299 e. The molecule has 3 aromatic carbocycles. The maximum atomic E-state index is 13.3. The van der Waals surface area contributed by atoms with E-state index in [9.17, 15) is 14.4 Å². The maximum absolute atomic E-state index is 13.3. The number of thiocarbonyl (C=S) groups is 1. The van der Waals surface area contributed by atoms with Gasteiger partial charge in [0.1, 0.15) is 5.57 Å². The Balaban J connectivity index is 1.62. The van der Waals surface area contributed by atoms with Gasteiger partial charge >= 0.3 is 0 Å². The van der Waals surface area contributed by atoms with Gasteiger partial charge in [0.15, 0.2) is 5.11 Å². The molecule has 31 heavy (non-hydrogen) atoms. The lowest BCUT2D eigenvalue weighted by Gasteiger charge is -2.16. The van der Waals surface area contributed by atoms with Crippen molar-refractivity contribution in [1.29, 1.82) is 0 Å². The smallest absolute Gasteiger partial charge is 0.263 e. The standard InChI is InChI=1S/C24H15N3O3S/c28-21-19(22(29)26-24(31)25-21)12-17-13-27(20-8-4-3-7-18(17)20)23(30)16-10-9-14-5-1-2-6-15(14)11-16/h1-13H,(H2,25,26,28,29,31). The molecule has 0 unspecified atom stereocenters. The number of rotatable bonds is 2. The molecule has 2 N–H and O–H groups in total. The van der Waals surface area contributed by atoms with Crippen LogP contribution in [0.2, 0.25) is 0 Å². The summed E-state index contributed by atoms with van der Waals surface area (Å²) in [5.41, 5.74) is 1.73. The summed E-state index contributed by atoms with van der Waals surface area (Å²) in [5.74, 6) is -1.36. The largest absolute Gasteiger partial charge is 0.299 e. The number of fused-ring (bicyclic) bond motifs is 2. The van der Waals surface area contributed by atoms with Gasteiger partial charge in [0.2, 0.25) is 0 Å². The molecule has 0 spiro atoms. The monoisotopic (exact) mass is 425 g/mol. The topological polar surface area (TPSA) is 80.2 Å². The maximum Gasteiger partial charge on any atom is 0.263 e. The number of nitrogens with one attached hydrogen (secondary N) is 2. The molecule has 0 atom stereocenters. The average Bonchev–Trinajstić information content (AvgIpc) is 3.14. The van der Waals surface area contributed by atoms with Gasteiger partial charge in [-0.3, -0.25) is 29.6 Å². The fourth-order valence-corrected chi connectivity index (χ4v) is 3.90. The van der Waals surface area contributed by atoms with E-state index in [0.717, 1.165) is 16.2 Å². The van der Waals surface area contributed by atoms with Crippen molar-refractivity contribution in [2.24, 2.45) is 0 Å². The number of carbonyl (C=O) groups is 3. The van der Waals surface area contributed by atoms with Crippen molar-refractivity contribution < 1.29 is 14.4 Å². The summed E-state index contributed by atoms with van der Waals surface area (Å²) >= 11 is 4.84. The van der Waals surface area contributed by atoms with Crippen LogP contribution in [0.1, 0.15) is 15.9 Å². The predicted molar refractivity (Wildman–Crippen MR) is 122 cm³/mol. The molecule has 1 aliphatic rings. The fraction of sp³-hybridized carbons (Fsp3) is 0. The van der Waals surface area contributed by atoms with Gasteiger partial charge in [0.05, 0.1) is 5.52 Å². The molecule has 0 radical (unpaired) electrons. The van der Waals surface area contributed by atoms with Crippen molar-refractivity contribution in [2.75, 3.05) is 0 Å². The lowest BCUT2D eigenvalue weighted by Crippen LogP contribution is -2.51. The van der Waals surface area contributed by atoms with Crippen molar-refractivity contribution in [3.05, 3.63) is 89.6 Å². The Kier molecular flexibility index (Phi) is 4.45. The van der Waals surface area contributed by atoms with E-state index in [1.807, 2.05) is 60.7 Å². The van der Waals surface area contributed by atoms with Crippen molar-refractivity contribution >= 4 is 62.8 Å². The van der Waals surface area contributed by atoms with Crippen LogP contribution in [0.4, 0.5) is 0 Å². The molecule has 1 aromatic heterocycles. The van der Waals surface area contributed by atoms with Crippen LogP contribution < -0.4 is 10.6 Å². The SMILES string of the molecule is O=C1NC(=S)NC(=O)C1=Cc1cn(C(=O)c2ccc3ccccc3c2)c2ccccc12. The van der Waals surface area contributed by atoms with Crippen LogP contribution in [0, 0.1) is 0 Å². The van der Waals surface area contributed by atoms with Crippen molar-refractivity contribution in [3.63, 3.8) is 0 Å². The van der Waals surface area contributed by atoms with E-state index in [2.05, 4.69) is 10.6 Å². The van der Waals surface area contributed by atoms with Gasteiger partial charge in [-0.05, 0) is 47.3 Å². The molecular formula is C24H15N3O3S. The fourth-order valence-electron chi connectivity index (χ4n) is 3.71. The van der Waals surface area contributed by atoms with Crippen molar-refractivity contribution in [3.8, 4) is 0 Å². The first kappa shape index (κ1) is 18.9. The number of hydrogen-bond acceptors (Lipinski definition) is 4. The molecule has 2 amide bonds. The summed E-state index contributed by atoms with van der Waals surface area (Å²) in [7, 11) is 0. The lowest BCUT2D eigenvalue weighted by molar-refractivity contribution is -0.123. The molecule has 2 heterocycles. The zero-order valence-electron chi connectivity index (χ0n) is 16.1. The Bertz CT molecular complexity index is 1440. The summed E-state index contributed by atoms with van der Waals surface area (Å²) in [6, 6.07) is 20.7. The number of benzene rings is 3. The quantitative estimate of drug-likeness (QED) is 0.293. The number of hydrogen-bond donors (Lipinski definition) is 2. The molecule has 1 aliphatic heterocycles. The first-order chi connectivity index (χ1) is 15.0. The van der Waals surface area contributed by atoms with Gasteiger partial charge in [-0.25, -0.2) is 0 Å². The van der Waals surface area contributed by atoms with Crippen LogP contribution in [0.3, 0.4) is 0 Å². The summed E-state index contributed by atoms with van der Waals surface area (Å²) < 4.78 is 1.54. The average molecular weight is 425 g/mol. The molecule has 0 saturated carbocycles. The van der Waals surface area contributed by atoms with Gasteiger partial charge in [-0.1, -0.05) is 48.5 Å². The number of carbonyl (C=O) groups excluding carboxylic acids is 3. The van der Waals surface area contributed by atoms with E-state index in [0.29, 0.717) is 16.6 Å². The third kappa shape index (κ3) is 3.31. The van der Waals surface area contributed by atoms with Crippen LogP contribution in [0.25, 0.3) is 27.8 Å². The Morgan fingerprint density at radius 2 is 1.55 bits per heavy atom. The number of aromatic nitrogens is 1. The van der Waals surface area contributed by atoms with Gasteiger partial charge in [0, 0.05) is 22.7 Å². The summed E-state index contributed by atoms with van der Waals surface area (Å²) in [6.45, 7) is 0. The molecule has 6 nitrogen and oxygen atoms in total. The van der Waals surface area contributed by atoms with Crippen molar-refractivity contribution in [2.45, 2.75) is 0 Å². The molecule has 5 rings (SSSR count). The second kappa shape index (κ2) is 7.30. The van der Waals surface area contributed by atoms with Gasteiger partial charge in [-0.2, -0.15) is 0 Å². The molecule has 150 valence electrons. The Labute approximate surface area is 182 Å². The summed E-state index contributed by atoms with van der Waals surface area (Å²) in [6.07, 6.45) is 3.11. The van der Waals surface area contributed by atoms with E-state index in [-0.39, 0.29) is 16.6 Å². The minimum atomic E-state index is -0.577. The third-order valence-corrected chi connectivity index (χ3v) is 5.41. The Hall–Kier alpha value is -4.10. The molecule has 1 fully saturated rings. The van der Waals surface area contributed by atoms with Crippen LogP contribution >= 0.6 is 12.2 Å². The highest BCUT2D eigenvalue weighted by molar-refractivity contribution is 7.80. The van der Waals surface area contributed by atoms with Crippen LogP contribution in [0.5, 0.6) is 0 Å². The molecular weight excluding hydrogens is 410 g/mol. The highest BCUT2D eigenvalue weighted by atomic mass is 32.1. The van der Waals surface area contributed by atoms with Crippen LogP contribution in [-0.2, 0) is 9.59 Å². The normalized spacial score (nSPS) is 13.9. The van der Waals surface area contributed by atoms with Gasteiger partial charge < -0.3 is 0 Å². The van der Waals surface area contributed by atoms with Crippen LogP contribution in [0.15, 0.2) is 78.5 Å². The van der Waals surface area contributed by atoms with Gasteiger partial charge in [-0.15, -0.1) is 0 Å². The second-order valence-electron chi connectivity index (χ2n) is 7.13. The van der Waals surface area contributed by atoms with E-state index in [4.69, 9.17) is 12.2 Å². The van der Waals surface area contributed by atoms with E-state index in [1.54, 1.807) is 12.3 Å². The van der Waals surface area contributed by atoms with Gasteiger partial charge in [0.25, 0.3) is 17.7 Å². The Morgan fingerprint density at radius 1 is 0.871 bits per heavy atom. The number of amides is 2. The molecule has 1 saturated heterocycles. The van der Waals surface area contributed by atoms with E-state index in [1.165, 1.54) is 10.6 Å². The Morgan fingerprint density at radius 3 is 2.32 bits per heavy atom. The first-order valence-electron chi connectivity index (χ1n) is 9.53. The number of para-hydroxylation sites is 1. The second-order valence-corrected chi connectivity index (χ2v) is 7.54. The van der Waals surface area contributed by atoms with E-state index < -0.39 is 11.8 Å². The van der Waals surface area contributed by atoms with E-state index >= 15 is 0 Å². The minimum absolute atomic E-state index is 0.0268. The molecule has 0 aliphatic carbocycles. The number of nitrogens with zero attached hydrogens (tertiary/aromatic N) is 1. The zero-order chi connectivity index (χ0) is 21.5. The highest BCUT2D eigenvalue weighted by Gasteiger charge is 2.26. The molecule has 4 aromatic rings. The summed E-state index contributed by atoms with van der Waals surface area (Å²) in [4.78, 5) is 37.8. The van der Waals surface area contributed by atoms with Crippen molar-refractivity contribution in [1.82, 2.24) is 15.2 Å². The predicted octanol–water partition coefficient (Wildman–Crippen LogP) is 3.40. The lowest BCUT2D eigenvalue weighted by atomic mass is 10.1. The zero-order valence-corrected chi connectivity index (χ0v) is 16.9. The third-order valence-electron chi connectivity index (χ3n) is 5.20. The van der Waals surface area contributed by atoms with Crippen LogP contribution in [-0.4, -0.2) is 27.4 Å². The molecule has 7 heteroatoms. The first-order valence-corrected chi connectivity index (χ1v) is 9.94. The summed E-state index contributed by atoms with van der Waals surface area (Å²) in [5, 5.41) is 7.58.